The van der Waals surface area contributed by atoms with E-state index >= 15 is 0 Å². The summed E-state index contributed by atoms with van der Waals surface area (Å²) < 4.78 is 10.6. The molecule has 2 heterocycles. The van der Waals surface area contributed by atoms with Gasteiger partial charge in [0, 0.05) is 19.5 Å². The average molecular weight is 361 g/mol. The highest BCUT2D eigenvalue weighted by Gasteiger charge is 2.48. The molecule has 8 nitrogen and oxygen atoms in total. The number of imide groups is 1. The Balaban J connectivity index is 1.73. The molecule has 1 N–H and O–H groups in total. The van der Waals surface area contributed by atoms with E-state index in [1.807, 2.05) is 19.9 Å². The minimum Gasteiger partial charge on any atom is -0.454 e. The Labute approximate surface area is 152 Å². The van der Waals surface area contributed by atoms with Crippen LogP contribution in [0.25, 0.3) is 0 Å². The smallest absolute Gasteiger partial charge is 0.325 e. The fraction of sp³-hybridized carbons (Fsp3) is 0.500. The number of ether oxygens (including phenoxy) is 2. The van der Waals surface area contributed by atoms with Crippen molar-refractivity contribution in [2.24, 2.45) is 0 Å². The van der Waals surface area contributed by atoms with Crippen LogP contribution >= 0.6 is 0 Å². The third kappa shape index (κ3) is 3.18. The molecule has 1 aromatic carbocycles. The van der Waals surface area contributed by atoms with Gasteiger partial charge in [-0.25, -0.2) is 4.79 Å². The molecule has 1 fully saturated rings. The van der Waals surface area contributed by atoms with Gasteiger partial charge in [0.15, 0.2) is 11.5 Å². The summed E-state index contributed by atoms with van der Waals surface area (Å²) in [5, 5.41) is 2.72. The maximum atomic E-state index is 12.8. The van der Waals surface area contributed by atoms with Gasteiger partial charge in [-0.1, -0.05) is 6.07 Å². The monoisotopic (exact) mass is 361 g/mol. The first-order valence-corrected chi connectivity index (χ1v) is 8.68. The van der Waals surface area contributed by atoms with E-state index in [0.717, 1.165) is 10.5 Å². The average Bonchev–Trinajstić information content (AvgIpc) is 3.14. The first kappa shape index (κ1) is 18.0. The molecular weight excluding hydrogens is 338 g/mol. The molecule has 8 heteroatoms. The van der Waals surface area contributed by atoms with Gasteiger partial charge < -0.3 is 19.7 Å². The predicted molar refractivity (Wildman–Crippen MR) is 92.8 cm³/mol. The van der Waals surface area contributed by atoms with Gasteiger partial charge in [-0.05, 0) is 38.5 Å². The van der Waals surface area contributed by atoms with Crippen molar-refractivity contribution in [2.75, 3.05) is 26.4 Å². The summed E-state index contributed by atoms with van der Waals surface area (Å²) >= 11 is 0. The zero-order chi connectivity index (χ0) is 18.9. The van der Waals surface area contributed by atoms with Gasteiger partial charge in [0.05, 0.1) is 0 Å². The fourth-order valence-corrected chi connectivity index (χ4v) is 3.28. The number of nitrogens with zero attached hydrogens (tertiary/aromatic N) is 2. The molecular formula is C18H23N3O5. The van der Waals surface area contributed by atoms with E-state index in [4.69, 9.17) is 9.47 Å². The molecule has 0 radical (unpaired) electrons. The van der Waals surface area contributed by atoms with E-state index in [1.54, 1.807) is 24.0 Å². The molecule has 0 bridgehead atoms. The summed E-state index contributed by atoms with van der Waals surface area (Å²) in [5.74, 6) is 0.634. The zero-order valence-corrected chi connectivity index (χ0v) is 15.2. The third-order valence-electron chi connectivity index (χ3n) is 4.75. The lowest BCUT2D eigenvalue weighted by Gasteiger charge is -2.23. The number of carbonyl (C=O) groups excluding carboxylic acids is 3. The quantitative estimate of drug-likeness (QED) is 0.768. The highest BCUT2D eigenvalue weighted by molar-refractivity contribution is 6.08. The number of rotatable bonds is 6. The third-order valence-corrected chi connectivity index (χ3v) is 4.75. The largest absolute Gasteiger partial charge is 0.454 e. The van der Waals surface area contributed by atoms with Gasteiger partial charge in [-0.15, -0.1) is 0 Å². The molecule has 1 saturated heterocycles. The maximum absolute atomic E-state index is 12.8. The topological polar surface area (TPSA) is 88.2 Å². The number of hydrogen-bond donors (Lipinski definition) is 1. The highest BCUT2D eigenvalue weighted by atomic mass is 16.7. The van der Waals surface area contributed by atoms with Gasteiger partial charge in [-0.2, -0.15) is 0 Å². The Kier molecular flexibility index (Phi) is 4.76. The Hall–Kier alpha value is -2.77. The van der Waals surface area contributed by atoms with Crippen LogP contribution in [0.4, 0.5) is 4.79 Å². The maximum Gasteiger partial charge on any atom is 0.325 e. The number of amides is 4. The standard InChI is InChI=1S/C18H23N3O5/c1-4-20(5-2)15(22)10-21-16(23)18(3,19-17(21)24)9-12-6-7-13-14(8-12)26-11-25-13/h6-8H,4-5,9-11H2,1-3H3,(H,19,24)/t18-/m0/s1. The number of fused-ring (bicyclic) bond motifs is 1. The minimum absolute atomic E-state index is 0.174. The molecule has 1 atom stereocenters. The molecule has 2 aliphatic heterocycles. The molecule has 3 rings (SSSR count). The highest BCUT2D eigenvalue weighted by Crippen LogP contribution is 2.34. The number of benzene rings is 1. The first-order chi connectivity index (χ1) is 12.4. The predicted octanol–water partition coefficient (Wildman–Crippen LogP) is 1.14. The van der Waals surface area contributed by atoms with E-state index in [2.05, 4.69) is 5.32 Å². The lowest BCUT2D eigenvalue weighted by Crippen LogP contribution is -2.47. The van der Waals surface area contributed by atoms with Crippen LogP contribution in [0, 0.1) is 0 Å². The summed E-state index contributed by atoms with van der Waals surface area (Å²) in [6, 6.07) is 4.88. The van der Waals surface area contributed by atoms with Crippen LogP contribution in [0.15, 0.2) is 18.2 Å². The SMILES string of the molecule is CCN(CC)C(=O)CN1C(=O)N[C@@](C)(Cc2ccc3c(c2)OCO3)C1=O. The van der Waals surface area contributed by atoms with Crippen molar-refractivity contribution in [3.05, 3.63) is 23.8 Å². The second-order valence-electron chi connectivity index (χ2n) is 6.58. The second-order valence-corrected chi connectivity index (χ2v) is 6.58. The van der Waals surface area contributed by atoms with Crippen molar-refractivity contribution < 1.29 is 23.9 Å². The van der Waals surface area contributed by atoms with Gasteiger partial charge in [-0.3, -0.25) is 14.5 Å². The van der Waals surface area contributed by atoms with Crippen LogP contribution in [0.1, 0.15) is 26.3 Å². The van der Waals surface area contributed by atoms with Crippen LogP contribution < -0.4 is 14.8 Å². The zero-order valence-electron chi connectivity index (χ0n) is 15.2. The molecule has 0 unspecified atom stereocenters. The summed E-state index contributed by atoms with van der Waals surface area (Å²) in [6.07, 6.45) is 0.296. The Morgan fingerprint density at radius 1 is 1.23 bits per heavy atom. The van der Waals surface area contributed by atoms with E-state index in [9.17, 15) is 14.4 Å². The molecule has 26 heavy (non-hydrogen) atoms. The van der Waals surface area contributed by atoms with Crippen molar-refractivity contribution in [2.45, 2.75) is 32.7 Å². The van der Waals surface area contributed by atoms with Crippen molar-refractivity contribution in [3.8, 4) is 11.5 Å². The van der Waals surface area contributed by atoms with Crippen LogP contribution in [0.5, 0.6) is 11.5 Å². The molecule has 4 amide bonds. The van der Waals surface area contributed by atoms with Crippen LogP contribution in [-0.4, -0.2) is 59.6 Å². The van der Waals surface area contributed by atoms with Gasteiger partial charge >= 0.3 is 6.03 Å². The van der Waals surface area contributed by atoms with Crippen molar-refractivity contribution in [1.29, 1.82) is 0 Å². The molecule has 0 aliphatic carbocycles. The van der Waals surface area contributed by atoms with E-state index in [0.29, 0.717) is 31.0 Å². The molecule has 0 spiro atoms. The Morgan fingerprint density at radius 3 is 2.62 bits per heavy atom. The van der Waals surface area contributed by atoms with Crippen molar-refractivity contribution >= 4 is 17.8 Å². The normalized spacial score (nSPS) is 21.1. The molecule has 2 aliphatic rings. The minimum atomic E-state index is -1.10. The molecule has 140 valence electrons. The summed E-state index contributed by atoms with van der Waals surface area (Å²) in [6.45, 7) is 6.38. The lowest BCUT2D eigenvalue weighted by molar-refractivity contribution is -0.138. The number of likely N-dealkylation sites (N-methyl/N-ethyl adjacent to an activating group) is 1. The van der Waals surface area contributed by atoms with E-state index < -0.39 is 17.5 Å². The number of urea groups is 1. The molecule has 0 aromatic heterocycles. The lowest BCUT2D eigenvalue weighted by atomic mass is 9.92. The van der Waals surface area contributed by atoms with Gasteiger partial charge in [0.25, 0.3) is 5.91 Å². The molecule has 1 aromatic rings. The first-order valence-electron chi connectivity index (χ1n) is 8.68. The Morgan fingerprint density at radius 2 is 1.92 bits per heavy atom. The second kappa shape index (κ2) is 6.86. The summed E-state index contributed by atoms with van der Waals surface area (Å²) in [4.78, 5) is 40.0. The number of hydrogen-bond acceptors (Lipinski definition) is 5. The van der Waals surface area contributed by atoms with Crippen molar-refractivity contribution in [3.63, 3.8) is 0 Å². The van der Waals surface area contributed by atoms with Crippen LogP contribution in [-0.2, 0) is 16.0 Å². The summed E-state index contributed by atoms with van der Waals surface area (Å²) in [7, 11) is 0. The Bertz CT molecular complexity index is 746. The van der Waals surface area contributed by atoms with Gasteiger partial charge in [0.2, 0.25) is 12.7 Å². The fourth-order valence-electron chi connectivity index (χ4n) is 3.28. The van der Waals surface area contributed by atoms with Crippen LogP contribution in [0.2, 0.25) is 0 Å². The summed E-state index contributed by atoms with van der Waals surface area (Å²) in [5.41, 5.74) is -0.267. The number of carbonyl (C=O) groups is 3. The van der Waals surface area contributed by atoms with E-state index in [-0.39, 0.29) is 19.2 Å². The van der Waals surface area contributed by atoms with Crippen molar-refractivity contribution in [1.82, 2.24) is 15.1 Å². The van der Waals surface area contributed by atoms with E-state index in [1.165, 1.54) is 0 Å². The van der Waals surface area contributed by atoms with Crippen LogP contribution in [0.3, 0.4) is 0 Å². The van der Waals surface area contributed by atoms with Gasteiger partial charge in [0.1, 0.15) is 12.1 Å². The molecule has 0 saturated carbocycles. The number of nitrogens with one attached hydrogen (secondary N) is 1.